The summed E-state index contributed by atoms with van der Waals surface area (Å²) >= 11 is 1.62. The third kappa shape index (κ3) is 3.43. The van der Waals surface area contributed by atoms with Gasteiger partial charge in [0.1, 0.15) is 12.4 Å². The molecule has 0 aliphatic carbocycles. The highest BCUT2D eigenvalue weighted by Crippen LogP contribution is 2.16. The van der Waals surface area contributed by atoms with Crippen molar-refractivity contribution in [1.29, 1.82) is 0 Å². The number of aromatic nitrogens is 2. The van der Waals surface area contributed by atoms with Crippen LogP contribution in [-0.2, 0) is 13.0 Å². The van der Waals surface area contributed by atoms with Crippen LogP contribution in [0.2, 0.25) is 0 Å². The summed E-state index contributed by atoms with van der Waals surface area (Å²) in [5, 5.41) is 2.02. The van der Waals surface area contributed by atoms with Crippen LogP contribution in [0, 0.1) is 0 Å². The fourth-order valence-electron chi connectivity index (χ4n) is 2.17. The van der Waals surface area contributed by atoms with E-state index in [1.165, 1.54) is 5.56 Å². The summed E-state index contributed by atoms with van der Waals surface area (Å²) in [5.74, 6) is 0.861. The van der Waals surface area contributed by atoms with Crippen molar-refractivity contribution in [3.05, 3.63) is 53.3 Å². The molecule has 1 unspecified atom stereocenters. The van der Waals surface area contributed by atoms with Crippen molar-refractivity contribution in [2.24, 2.45) is 5.73 Å². The largest absolute Gasteiger partial charge is 0.487 e. The number of rotatable bonds is 6. The number of thiazole rings is 1. The summed E-state index contributed by atoms with van der Waals surface area (Å²) in [4.78, 5) is 5.49. The van der Waals surface area contributed by atoms with Crippen LogP contribution in [0.4, 0.5) is 0 Å². The molecule has 0 amide bonds. The van der Waals surface area contributed by atoms with E-state index in [1.54, 1.807) is 11.3 Å². The topological polar surface area (TPSA) is 52.5 Å². The molecule has 0 spiro atoms. The summed E-state index contributed by atoms with van der Waals surface area (Å²) in [6.45, 7) is 2.60. The second kappa shape index (κ2) is 6.28. The Labute approximate surface area is 128 Å². The molecule has 0 bridgehead atoms. The Morgan fingerprint density at radius 3 is 2.86 bits per heavy atom. The van der Waals surface area contributed by atoms with Crippen LogP contribution in [-0.4, -0.2) is 15.4 Å². The molecule has 1 atom stereocenters. The van der Waals surface area contributed by atoms with Crippen LogP contribution in [0.15, 0.2) is 42.0 Å². The van der Waals surface area contributed by atoms with Gasteiger partial charge in [-0.1, -0.05) is 19.1 Å². The standard InChI is InChI=1S/C16H19N3OS/c1-2-13(17)9-12-3-5-15(6-4-12)20-11-14-10-19-7-8-21-16(19)18-14/h3-8,10,13H,2,9,11,17H2,1H3. The molecule has 1 aromatic carbocycles. The first-order valence-corrected chi connectivity index (χ1v) is 8.01. The molecule has 0 aliphatic heterocycles. The lowest BCUT2D eigenvalue weighted by Gasteiger charge is -2.09. The average Bonchev–Trinajstić information content (AvgIpc) is 3.07. The lowest BCUT2D eigenvalue weighted by molar-refractivity contribution is 0.302. The van der Waals surface area contributed by atoms with Gasteiger partial charge in [0, 0.05) is 23.8 Å². The first kappa shape index (κ1) is 14.1. The van der Waals surface area contributed by atoms with Crippen molar-refractivity contribution in [1.82, 2.24) is 9.38 Å². The Morgan fingerprint density at radius 2 is 2.14 bits per heavy atom. The first-order valence-electron chi connectivity index (χ1n) is 7.13. The zero-order valence-electron chi connectivity index (χ0n) is 12.0. The Balaban J connectivity index is 1.58. The molecule has 2 N–H and O–H groups in total. The van der Waals surface area contributed by atoms with E-state index >= 15 is 0 Å². The van der Waals surface area contributed by atoms with E-state index in [-0.39, 0.29) is 6.04 Å². The third-order valence-corrected chi connectivity index (χ3v) is 4.25. The normalized spacial score (nSPS) is 12.7. The van der Waals surface area contributed by atoms with E-state index < -0.39 is 0 Å². The molecular formula is C16H19N3OS. The summed E-state index contributed by atoms with van der Waals surface area (Å²) < 4.78 is 7.79. The van der Waals surface area contributed by atoms with E-state index in [4.69, 9.17) is 10.5 Å². The van der Waals surface area contributed by atoms with Crippen LogP contribution in [0.25, 0.3) is 4.96 Å². The third-order valence-electron chi connectivity index (χ3n) is 3.48. The summed E-state index contributed by atoms with van der Waals surface area (Å²) in [6, 6.07) is 8.38. The average molecular weight is 301 g/mol. The van der Waals surface area contributed by atoms with Gasteiger partial charge in [0.25, 0.3) is 0 Å². The molecule has 0 saturated carbocycles. The molecule has 0 aliphatic rings. The highest BCUT2D eigenvalue weighted by atomic mass is 32.1. The molecule has 3 aromatic rings. The highest BCUT2D eigenvalue weighted by Gasteiger charge is 2.04. The van der Waals surface area contributed by atoms with Gasteiger partial charge >= 0.3 is 0 Å². The second-order valence-corrected chi connectivity index (χ2v) is 6.00. The van der Waals surface area contributed by atoms with Crippen LogP contribution in [0.5, 0.6) is 5.75 Å². The van der Waals surface area contributed by atoms with Gasteiger partial charge in [-0.2, -0.15) is 0 Å². The molecule has 21 heavy (non-hydrogen) atoms. The molecule has 2 heterocycles. The Kier molecular flexibility index (Phi) is 4.22. The van der Waals surface area contributed by atoms with Crippen LogP contribution < -0.4 is 10.5 Å². The van der Waals surface area contributed by atoms with Gasteiger partial charge in [-0.3, -0.25) is 4.40 Å². The summed E-state index contributed by atoms with van der Waals surface area (Å²) in [7, 11) is 0. The second-order valence-electron chi connectivity index (χ2n) is 5.13. The lowest BCUT2D eigenvalue weighted by atomic mass is 10.0. The molecule has 4 nitrogen and oxygen atoms in total. The minimum absolute atomic E-state index is 0.232. The summed E-state index contributed by atoms with van der Waals surface area (Å²) in [5.41, 5.74) is 8.16. The van der Waals surface area contributed by atoms with Gasteiger partial charge in [0.15, 0.2) is 4.96 Å². The van der Waals surface area contributed by atoms with Gasteiger partial charge in [-0.05, 0) is 30.5 Å². The predicted molar refractivity (Wildman–Crippen MR) is 85.8 cm³/mol. The number of hydrogen-bond acceptors (Lipinski definition) is 4. The number of nitrogens with two attached hydrogens (primary N) is 1. The minimum atomic E-state index is 0.232. The van der Waals surface area contributed by atoms with Crippen molar-refractivity contribution in [3.63, 3.8) is 0 Å². The van der Waals surface area contributed by atoms with E-state index in [9.17, 15) is 0 Å². The van der Waals surface area contributed by atoms with Crippen molar-refractivity contribution in [2.75, 3.05) is 0 Å². The monoisotopic (exact) mass is 301 g/mol. The molecule has 0 fully saturated rings. The van der Waals surface area contributed by atoms with Crippen molar-refractivity contribution < 1.29 is 4.74 Å². The van der Waals surface area contributed by atoms with Crippen molar-refractivity contribution in [2.45, 2.75) is 32.4 Å². The quantitative estimate of drug-likeness (QED) is 0.760. The fourth-order valence-corrected chi connectivity index (χ4v) is 2.89. The van der Waals surface area contributed by atoms with Crippen molar-refractivity contribution in [3.8, 4) is 5.75 Å². The van der Waals surface area contributed by atoms with Gasteiger partial charge in [-0.25, -0.2) is 4.98 Å². The van der Waals surface area contributed by atoms with E-state index in [0.29, 0.717) is 6.61 Å². The van der Waals surface area contributed by atoms with Crippen LogP contribution in [0.1, 0.15) is 24.6 Å². The molecule has 110 valence electrons. The molecule has 0 saturated heterocycles. The first-order chi connectivity index (χ1) is 10.2. The van der Waals surface area contributed by atoms with Gasteiger partial charge < -0.3 is 10.5 Å². The number of ether oxygens (including phenoxy) is 1. The molecular weight excluding hydrogens is 282 g/mol. The number of fused-ring (bicyclic) bond motifs is 1. The van der Waals surface area contributed by atoms with Gasteiger partial charge in [0.05, 0.1) is 5.69 Å². The fraction of sp³-hybridized carbons (Fsp3) is 0.312. The number of nitrogens with zero attached hydrogens (tertiary/aromatic N) is 2. The zero-order chi connectivity index (χ0) is 14.7. The maximum absolute atomic E-state index is 5.96. The number of hydrogen-bond donors (Lipinski definition) is 1. The SMILES string of the molecule is CCC(N)Cc1ccc(OCc2cn3ccsc3n2)cc1. The number of imidazole rings is 1. The molecule has 3 rings (SSSR count). The maximum atomic E-state index is 5.96. The maximum Gasteiger partial charge on any atom is 0.193 e. The summed E-state index contributed by atoms with van der Waals surface area (Å²) in [6.07, 6.45) is 5.91. The van der Waals surface area contributed by atoms with Crippen LogP contribution in [0.3, 0.4) is 0 Å². The van der Waals surface area contributed by atoms with Crippen molar-refractivity contribution >= 4 is 16.3 Å². The Bertz CT molecular complexity index is 673. The highest BCUT2D eigenvalue weighted by molar-refractivity contribution is 7.15. The zero-order valence-corrected chi connectivity index (χ0v) is 12.8. The minimum Gasteiger partial charge on any atom is -0.487 e. The lowest BCUT2D eigenvalue weighted by Crippen LogP contribution is -2.21. The van der Waals surface area contributed by atoms with Gasteiger partial charge in [-0.15, -0.1) is 11.3 Å². The number of benzene rings is 1. The molecule has 5 heteroatoms. The van der Waals surface area contributed by atoms with Crippen LogP contribution >= 0.6 is 11.3 Å². The smallest absolute Gasteiger partial charge is 0.193 e. The Morgan fingerprint density at radius 1 is 1.33 bits per heavy atom. The predicted octanol–water partition coefficient (Wildman–Crippen LogP) is 3.25. The van der Waals surface area contributed by atoms with E-state index in [2.05, 4.69) is 24.0 Å². The van der Waals surface area contributed by atoms with E-state index in [1.807, 2.05) is 34.3 Å². The van der Waals surface area contributed by atoms with E-state index in [0.717, 1.165) is 29.2 Å². The molecule has 0 radical (unpaired) electrons. The molecule has 2 aromatic heterocycles. The van der Waals surface area contributed by atoms with Gasteiger partial charge in [0.2, 0.25) is 0 Å². The Hall–Kier alpha value is -1.85.